The molecule has 0 aromatic heterocycles. The van der Waals surface area contributed by atoms with Crippen LogP contribution < -0.4 is 5.32 Å². The second-order valence-electron chi connectivity index (χ2n) is 4.34. The zero-order valence-electron chi connectivity index (χ0n) is 11.7. The molecular formula is C15H18N2O3. The van der Waals surface area contributed by atoms with Gasteiger partial charge in [0.05, 0.1) is 10.6 Å². The van der Waals surface area contributed by atoms with Crippen LogP contribution in [-0.4, -0.2) is 10.8 Å². The maximum Gasteiger partial charge on any atom is 0.271 e. The first kappa shape index (κ1) is 15.7. The molecule has 0 saturated carbocycles. The fourth-order valence-electron chi connectivity index (χ4n) is 1.58. The van der Waals surface area contributed by atoms with Crippen LogP contribution in [0.1, 0.15) is 45.1 Å². The summed E-state index contributed by atoms with van der Waals surface area (Å²) in [6.07, 6.45) is 2.79. The van der Waals surface area contributed by atoms with Crippen LogP contribution in [0, 0.1) is 22.0 Å². The molecule has 0 saturated heterocycles. The molecule has 1 aromatic carbocycles. The smallest absolute Gasteiger partial charge is 0.271 e. The average Bonchev–Trinajstić information content (AvgIpc) is 2.40. The Morgan fingerprint density at radius 2 is 2.10 bits per heavy atom. The van der Waals surface area contributed by atoms with Gasteiger partial charge in [-0.05, 0) is 18.9 Å². The van der Waals surface area contributed by atoms with Gasteiger partial charge in [-0.3, -0.25) is 14.9 Å². The van der Waals surface area contributed by atoms with Gasteiger partial charge in [-0.1, -0.05) is 25.7 Å². The standard InChI is InChI=1S/C15H18N2O3/c1-3-5-6-8-12-9-10-13(17(19)20)11-14(12)16-15(18)7-4-2/h9-11H,3-5,7H2,1-2H3,(H,16,18). The molecule has 1 N–H and O–H groups in total. The first-order valence-electron chi connectivity index (χ1n) is 6.65. The normalized spacial score (nSPS) is 9.50. The number of nitrogens with one attached hydrogen (secondary N) is 1. The van der Waals surface area contributed by atoms with Crippen molar-refractivity contribution in [3.8, 4) is 11.8 Å². The fourth-order valence-corrected chi connectivity index (χ4v) is 1.58. The molecule has 0 spiro atoms. The van der Waals surface area contributed by atoms with Crippen LogP contribution in [0.4, 0.5) is 11.4 Å². The van der Waals surface area contributed by atoms with Crippen molar-refractivity contribution in [3.05, 3.63) is 33.9 Å². The minimum atomic E-state index is -0.487. The summed E-state index contributed by atoms with van der Waals surface area (Å²) in [6, 6.07) is 4.32. The summed E-state index contributed by atoms with van der Waals surface area (Å²) in [6.45, 7) is 3.92. The van der Waals surface area contributed by atoms with E-state index in [0.717, 1.165) is 19.3 Å². The zero-order valence-corrected chi connectivity index (χ0v) is 11.7. The maximum absolute atomic E-state index is 11.6. The highest BCUT2D eigenvalue weighted by Gasteiger charge is 2.11. The van der Waals surface area contributed by atoms with Gasteiger partial charge in [-0.2, -0.15) is 0 Å². The Kier molecular flexibility index (Phi) is 6.24. The molecule has 0 heterocycles. The van der Waals surface area contributed by atoms with Crippen molar-refractivity contribution in [3.63, 3.8) is 0 Å². The van der Waals surface area contributed by atoms with E-state index in [0.29, 0.717) is 17.7 Å². The largest absolute Gasteiger partial charge is 0.325 e. The second kappa shape index (κ2) is 7.95. The van der Waals surface area contributed by atoms with Crippen molar-refractivity contribution < 1.29 is 9.72 Å². The summed E-state index contributed by atoms with van der Waals surface area (Å²) in [5.41, 5.74) is 0.951. The molecule has 0 aliphatic rings. The number of rotatable bonds is 5. The van der Waals surface area contributed by atoms with Crippen LogP contribution in [0.3, 0.4) is 0 Å². The van der Waals surface area contributed by atoms with Crippen molar-refractivity contribution in [1.82, 2.24) is 0 Å². The molecule has 0 aliphatic heterocycles. The van der Waals surface area contributed by atoms with E-state index in [1.165, 1.54) is 12.1 Å². The van der Waals surface area contributed by atoms with Crippen LogP contribution in [-0.2, 0) is 4.79 Å². The number of anilines is 1. The predicted molar refractivity (Wildman–Crippen MR) is 78.4 cm³/mol. The van der Waals surface area contributed by atoms with Crippen molar-refractivity contribution in [2.24, 2.45) is 0 Å². The van der Waals surface area contributed by atoms with Crippen LogP contribution in [0.15, 0.2) is 18.2 Å². The molecule has 0 atom stereocenters. The highest BCUT2D eigenvalue weighted by molar-refractivity contribution is 5.92. The van der Waals surface area contributed by atoms with Crippen LogP contribution in [0.5, 0.6) is 0 Å². The Labute approximate surface area is 118 Å². The molecule has 0 aliphatic carbocycles. The van der Waals surface area contributed by atoms with Gasteiger partial charge in [0.1, 0.15) is 0 Å². The van der Waals surface area contributed by atoms with Crippen molar-refractivity contribution in [2.75, 3.05) is 5.32 Å². The van der Waals surface area contributed by atoms with Gasteiger partial charge in [-0.25, -0.2) is 0 Å². The highest BCUT2D eigenvalue weighted by Crippen LogP contribution is 2.22. The molecule has 106 valence electrons. The number of non-ortho nitro benzene ring substituents is 1. The Bertz CT molecular complexity index is 556. The molecule has 1 rings (SSSR count). The molecule has 20 heavy (non-hydrogen) atoms. The summed E-state index contributed by atoms with van der Waals surface area (Å²) >= 11 is 0. The third-order valence-electron chi connectivity index (χ3n) is 2.56. The second-order valence-corrected chi connectivity index (χ2v) is 4.34. The third kappa shape index (κ3) is 4.73. The van der Waals surface area contributed by atoms with Gasteiger partial charge in [0.15, 0.2) is 0 Å². The van der Waals surface area contributed by atoms with E-state index in [4.69, 9.17) is 0 Å². The van der Waals surface area contributed by atoms with Crippen molar-refractivity contribution >= 4 is 17.3 Å². The Hall–Kier alpha value is -2.35. The van der Waals surface area contributed by atoms with E-state index in [-0.39, 0.29) is 11.6 Å². The summed E-state index contributed by atoms with van der Waals surface area (Å²) < 4.78 is 0. The SMILES string of the molecule is CCCC#Cc1ccc([N+](=O)[O-])cc1NC(=O)CCC. The number of amides is 1. The van der Waals surface area contributed by atoms with Crippen LogP contribution in [0.25, 0.3) is 0 Å². The Morgan fingerprint density at radius 3 is 2.70 bits per heavy atom. The predicted octanol–water partition coefficient (Wildman–Crippen LogP) is 3.49. The number of nitro benzene ring substituents is 1. The lowest BCUT2D eigenvalue weighted by Gasteiger charge is -2.06. The lowest BCUT2D eigenvalue weighted by Crippen LogP contribution is -2.12. The summed E-state index contributed by atoms with van der Waals surface area (Å²) in [5, 5.41) is 13.5. The third-order valence-corrected chi connectivity index (χ3v) is 2.56. The lowest BCUT2D eigenvalue weighted by molar-refractivity contribution is -0.384. The number of nitro groups is 1. The Balaban J connectivity index is 3.07. The van der Waals surface area contributed by atoms with Gasteiger partial charge in [0.25, 0.3) is 5.69 Å². The van der Waals surface area contributed by atoms with Gasteiger partial charge in [0, 0.05) is 30.5 Å². The van der Waals surface area contributed by atoms with Crippen LogP contribution in [0.2, 0.25) is 0 Å². The minimum absolute atomic E-state index is 0.0576. The number of benzene rings is 1. The summed E-state index contributed by atoms with van der Waals surface area (Å²) in [5.74, 6) is 5.75. The van der Waals surface area contributed by atoms with Crippen LogP contribution >= 0.6 is 0 Å². The van der Waals surface area contributed by atoms with Crippen molar-refractivity contribution in [2.45, 2.75) is 39.5 Å². The summed E-state index contributed by atoms with van der Waals surface area (Å²) in [7, 11) is 0. The quantitative estimate of drug-likeness (QED) is 0.507. The molecule has 1 aromatic rings. The number of unbranched alkanes of at least 4 members (excludes halogenated alkanes) is 1. The number of hydrogen-bond donors (Lipinski definition) is 1. The van der Waals surface area contributed by atoms with Crippen molar-refractivity contribution in [1.29, 1.82) is 0 Å². The first-order chi connectivity index (χ1) is 9.58. The maximum atomic E-state index is 11.6. The van der Waals surface area contributed by atoms with E-state index in [2.05, 4.69) is 17.2 Å². The van der Waals surface area contributed by atoms with E-state index in [9.17, 15) is 14.9 Å². The zero-order chi connectivity index (χ0) is 15.0. The molecule has 5 heteroatoms. The molecule has 0 unspecified atom stereocenters. The molecule has 0 fully saturated rings. The molecule has 0 bridgehead atoms. The van der Waals surface area contributed by atoms with Gasteiger partial charge in [-0.15, -0.1) is 0 Å². The van der Waals surface area contributed by atoms with E-state index < -0.39 is 4.92 Å². The average molecular weight is 274 g/mol. The number of carbonyl (C=O) groups is 1. The molecule has 0 radical (unpaired) electrons. The first-order valence-corrected chi connectivity index (χ1v) is 6.65. The van der Waals surface area contributed by atoms with E-state index in [1.807, 2.05) is 13.8 Å². The monoisotopic (exact) mass is 274 g/mol. The molecule has 1 amide bonds. The van der Waals surface area contributed by atoms with Gasteiger partial charge >= 0.3 is 0 Å². The topological polar surface area (TPSA) is 72.2 Å². The lowest BCUT2D eigenvalue weighted by atomic mass is 10.1. The molecule has 5 nitrogen and oxygen atoms in total. The highest BCUT2D eigenvalue weighted by atomic mass is 16.6. The van der Waals surface area contributed by atoms with Gasteiger partial charge in [0.2, 0.25) is 5.91 Å². The minimum Gasteiger partial charge on any atom is -0.325 e. The van der Waals surface area contributed by atoms with E-state index in [1.54, 1.807) is 6.07 Å². The summed E-state index contributed by atoms with van der Waals surface area (Å²) in [4.78, 5) is 22.0. The number of hydrogen-bond acceptors (Lipinski definition) is 3. The fraction of sp³-hybridized carbons (Fsp3) is 0.400. The number of carbonyl (C=O) groups excluding carboxylic acids is 1. The molecular weight excluding hydrogens is 256 g/mol. The number of nitrogens with zero attached hydrogens (tertiary/aromatic N) is 1. The Morgan fingerprint density at radius 1 is 1.35 bits per heavy atom. The van der Waals surface area contributed by atoms with Gasteiger partial charge < -0.3 is 5.32 Å². The van der Waals surface area contributed by atoms with E-state index >= 15 is 0 Å².